The fourth-order valence-electron chi connectivity index (χ4n) is 3.36. The lowest BCUT2D eigenvalue weighted by atomic mass is 9.96. The summed E-state index contributed by atoms with van der Waals surface area (Å²) in [6.45, 7) is 4.28. The number of hydrogen-bond donors (Lipinski definition) is 1. The van der Waals surface area contributed by atoms with Crippen molar-refractivity contribution in [2.75, 3.05) is 13.7 Å². The molecule has 0 aliphatic carbocycles. The summed E-state index contributed by atoms with van der Waals surface area (Å²) in [5.41, 5.74) is 0.0675. The fraction of sp³-hybridized carbons (Fsp3) is 0.500. The van der Waals surface area contributed by atoms with Gasteiger partial charge in [0, 0.05) is 27.7 Å². The Balaban J connectivity index is 2.52. The minimum absolute atomic E-state index is 0.0495. The molecule has 0 aromatic heterocycles. The van der Waals surface area contributed by atoms with Crippen LogP contribution < -0.4 is 10.1 Å². The maximum Gasteiger partial charge on any atom is 0.341 e. The molecule has 1 fully saturated rings. The molecule has 1 aromatic rings. The fourth-order valence-corrected chi connectivity index (χ4v) is 3.36. The molecule has 0 saturated carbocycles. The average molecular weight is 481 g/mol. The largest absolute Gasteiger partial charge is 0.465 e. The summed E-state index contributed by atoms with van der Waals surface area (Å²) in [7, 11) is 1.20. The molecule has 0 bridgehead atoms. The van der Waals surface area contributed by atoms with Crippen LogP contribution in [0.5, 0.6) is 5.75 Å². The van der Waals surface area contributed by atoms with Crippen LogP contribution in [0.4, 0.5) is 0 Å². The molecule has 1 amide bonds. The topological polar surface area (TPSA) is 153 Å². The molecule has 34 heavy (non-hydrogen) atoms. The number of ether oxygens (including phenoxy) is 6. The van der Waals surface area contributed by atoms with Gasteiger partial charge >= 0.3 is 23.9 Å². The van der Waals surface area contributed by atoms with Crippen LogP contribution in [0.1, 0.15) is 38.1 Å². The molecule has 186 valence electrons. The van der Waals surface area contributed by atoms with Gasteiger partial charge < -0.3 is 33.7 Å². The van der Waals surface area contributed by atoms with Crippen molar-refractivity contribution in [2.24, 2.45) is 0 Å². The number of nitrogens with one attached hydrogen (secondary N) is 1. The molecule has 1 aromatic carbocycles. The van der Waals surface area contributed by atoms with Crippen molar-refractivity contribution in [1.82, 2.24) is 5.32 Å². The molecule has 12 heteroatoms. The normalized spacial score (nSPS) is 23.7. The van der Waals surface area contributed by atoms with Crippen molar-refractivity contribution in [1.29, 1.82) is 0 Å². The van der Waals surface area contributed by atoms with Crippen LogP contribution in [0.3, 0.4) is 0 Å². The lowest BCUT2D eigenvalue weighted by molar-refractivity contribution is -0.257. The third kappa shape index (κ3) is 7.17. The first-order valence-electron chi connectivity index (χ1n) is 10.3. The molecule has 1 aliphatic heterocycles. The highest BCUT2D eigenvalue weighted by molar-refractivity contribution is 5.92. The summed E-state index contributed by atoms with van der Waals surface area (Å²) in [6, 6.07) is 4.94. The number of carbonyl (C=O) groups excluding carboxylic acids is 5. The Morgan fingerprint density at radius 2 is 1.53 bits per heavy atom. The minimum Gasteiger partial charge on any atom is -0.465 e. The Labute approximate surface area is 195 Å². The van der Waals surface area contributed by atoms with E-state index in [0.29, 0.717) is 0 Å². The van der Waals surface area contributed by atoms with Crippen LogP contribution in [-0.4, -0.2) is 74.1 Å². The second kappa shape index (κ2) is 12.0. The summed E-state index contributed by atoms with van der Waals surface area (Å²) < 4.78 is 32.3. The standard InChI is InChI=1S/C22H27NO11/c1-11(24)23-18-20(32-14(4)27)19(31-13(3)26)17(10-30-12(2)25)34-22(18)33-16-9-7-6-8-15(16)21(28)29-5/h6-9,17-20,22H,10H2,1-5H3,(H,23,24)/t17-,18-,19+,20-,22+/m0/s1. The van der Waals surface area contributed by atoms with Crippen molar-refractivity contribution < 1.29 is 52.4 Å². The van der Waals surface area contributed by atoms with Crippen molar-refractivity contribution >= 4 is 29.8 Å². The number of benzene rings is 1. The highest BCUT2D eigenvalue weighted by atomic mass is 16.7. The van der Waals surface area contributed by atoms with Crippen LogP contribution in [0.15, 0.2) is 24.3 Å². The monoisotopic (exact) mass is 481 g/mol. The third-order valence-electron chi connectivity index (χ3n) is 4.61. The van der Waals surface area contributed by atoms with Crippen molar-refractivity contribution in [3.05, 3.63) is 29.8 Å². The van der Waals surface area contributed by atoms with E-state index < -0.39 is 60.4 Å². The van der Waals surface area contributed by atoms with Gasteiger partial charge in [-0.3, -0.25) is 19.2 Å². The number of para-hydroxylation sites is 1. The van der Waals surface area contributed by atoms with Gasteiger partial charge in [0.1, 0.15) is 30.1 Å². The summed E-state index contributed by atoms with van der Waals surface area (Å²) in [5, 5.41) is 2.58. The molecule has 0 unspecified atom stereocenters. The molecule has 2 rings (SSSR count). The molecule has 1 heterocycles. The van der Waals surface area contributed by atoms with Crippen LogP contribution in [-0.2, 0) is 42.9 Å². The van der Waals surface area contributed by atoms with Crippen LogP contribution in [0.25, 0.3) is 0 Å². The summed E-state index contributed by atoms with van der Waals surface area (Å²) in [5.74, 6) is -3.26. The quantitative estimate of drug-likeness (QED) is 0.408. The second-order valence-corrected chi connectivity index (χ2v) is 7.33. The Bertz CT molecular complexity index is 931. The number of rotatable bonds is 8. The Kier molecular flexibility index (Phi) is 9.36. The minimum atomic E-state index is -1.36. The molecular weight excluding hydrogens is 454 g/mol. The number of esters is 4. The van der Waals surface area contributed by atoms with E-state index in [1.807, 2.05) is 0 Å². The summed E-state index contributed by atoms with van der Waals surface area (Å²) in [6.07, 6.45) is -5.04. The van der Waals surface area contributed by atoms with Crippen LogP contribution in [0, 0.1) is 0 Å². The van der Waals surface area contributed by atoms with Gasteiger partial charge in [0.15, 0.2) is 12.2 Å². The average Bonchev–Trinajstić information content (AvgIpc) is 2.75. The van der Waals surface area contributed by atoms with Gasteiger partial charge in [0.05, 0.1) is 7.11 Å². The van der Waals surface area contributed by atoms with Gasteiger partial charge in [-0.15, -0.1) is 0 Å². The summed E-state index contributed by atoms with van der Waals surface area (Å²) >= 11 is 0. The zero-order chi connectivity index (χ0) is 25.4. The Morgan fingerprint density at radius 1 is 0.912 bits per heavy atom. The van der Waals surface area contributed by atoms with E-state index >= 15 is 0 Å². The van der Waals surface area contributed by atoms with Gasteiger partial charge in [-0.25, -0.2) is 4.79 Å². The zero-order valence-electron chi connectivity index (χ0n) is 19.4. The number of hydrogen-bond acceptors (Lipinski definition) is 11. The molecular formula is C22H27NO11. The van der Waals surface area contributed by atoms with Gasteiger partial charge in [-0.2, -0.15) is 0 Å². The van der Waals surface area contributed by atoms with Crippen molar-refractivity contribution in [3.63, 3.8) is 0 Å². The molecule has 1 saturated heterocycles. The Morgan fingerprint density at radius 3 is 2.09 bits per heavy atom. The van der Waals surface area contributed by atoms with Crippen molar-refractivity contribution in [3.8, 4) is 5.75 Å². The lowest BCUT2D eigenvalue weighted by Crippen LogP contribution is -2.67. The number of amides is 1. The van der Waals surface area contributed by atoms with Gasteiger partial charge in [-0.05, 0) is 12.1 Å². The molecule has 0 radical (unpaired) electrons. The van der Waals surface area contributed by atoms with E-state index in [4.69, 9.17) is 28.4 Å². The molecule has 0 spiro atoms. The van der Waals surface area contributed by atoms with E-state index in [0.717, 1.165) is 13.8 Å². The zero-order valence-corrected chi connectivity index (χ0v) is 19.4. The Hall–Kier alpha value is -3.67. The van der Waals surface area contributed by atoms with Crippen molar-refractivity contribution in [2.45, 2.75) is 58.3 Å². The van der Waals surface area contributed by atoms with E-state index in [1.54, 1.807) is 12.1 Å². The second-order valence-electron chi connectivity index (χ2n) is 7.33. The van der Waals surface area contributed by atoms with Crippen LogP contribution >= 0.6 is 0 Å². The molecule has 5 atom stereocenters. The molecule has 1 aliphatic rings. The van der Waals surface area contributed by atoms with E-state index in [2.05, 4.69) is 5.32 Å². The van der Waals surface area contributed by atoms with Gasteiger partial charge in [-0.1, -0.05) is 12.1 Å². The van der Waals surface area contributed by atoms with Crippen LogP contribution in [0.2, 0.25) is 0 Å². The highest BCUT2D eigenvalue weighted by Gasteiger charge is 2.52. The predicted octanol–water partition coefficient (Wildman–Crippen LogP) is 0.508. The smallest absolute Gasteiger partial charge is 0.341 e. The highest BCUT2D eigenvalue weighted by Crippen LogP contribution is 2.30. The predicted molar refractivity (Wildman–Crippen MR) is 112 cm³/mol. The maximum absolute atomic E-state index is 12.2. The SMILES string of the molecule is COC(=O)c1ccccc1O[C@@H]1O[C@@H](COC(C)=O)[C@@H](OC(C)=O)[C@@H](OC(C)=O)[C@@H]1NC(C)=O. The first-order valence-corrected chi connectivity index (χ1v) is 10.3. The maximum atomic E-state index is 12.2. The first kappa shape index (κ1) is 26.6. The number of methoxy groups -OCH3 is 1. The van der Waals surface area contributed by atoms with E-state index in [-0.39, 0.29) is 17.9 Å². The first-order chi connectivity index (χ1) is 16.0. The third-order valence-corrected chi connectivity index (χ3v) is 4.61. The lowest BCUT2D eigenvalue weighted by Gasteiger charge is -2.44. The van der Waals surface area contributed by atoms with Gasteiger partial charge in [0.25, 0.3) is 0 Å². The molecule has 12 nitrogen and oxygen atoms in total. The molecule has 1 N–H and O–H groups in total. The summed E-state index contributed by atoms with van der Waals surface area (Å²) in [4.78, 5) is 59.2. The number of carbonyl (C=O) groups is 5. The van der Waals surface area contributed by atoms with E-state index in [1.165, 1.54) is 33.1 Å². The van der Waals surface area contributed by atoms with E-state index in [9.17, 15) is 24.0 Å². The van der Waals surface area contributed by atoms with Gasteiger partial charge in [0.2, 0.25) is 12.2 Å².